The summed E-state index contributed by atoms with van der Waals surface area (Å²) in [6.07, 6.45) is 1.01. The number of hydrogen-bond donors (Lipinski definition) is 0. The summed E-state index contributed by atoms with van der Waals surface area (Å²) in [5.41, 5.74) is 4.94. The molecule has 2 aliphatic rings. The maximum atomic E-state index is 12.5. The predicted molar refractivity (Wildman–Crippen MR) is 139 cm³/mol. The van der Waals surface area contributed by atoms with Crippen LogP contribution in [0.25, 0.3) is 11.1 Å². The first-order valence-corrected chi connectivity index (χ1v) is 12.4. The van der Waals surface area contributed by atoms with Crippen molar-refractivity contribution in [3.8, 4) is 22.6 Å². The summed E-state index contributed by atoms with van der Waals surface area (Å²) < 4.78 is 11.0. The third kappa shape index (κ3) is 4.65. The van der Waals surface area contributed by atoms with E-state index in [9.17, 15) is 4.79 Å². The molecule has 35 heavy (non-hydrogen) atoms. The number of amides is 1. The summed E-state index contributed by atoms with van der Waals surface area (Å²) in [7, 11) is 3.42. The van der Waals surface area contributed by atoms with E-state index < -0.39 is 0 Å². The van der Waals surface area contributed by atoms with Gasteiger partial charge in [0.1, 0.15) is 11.5 Å². The number of methoxy groups -OCH3 is 2. The topological polar surface area (TPSA) is 42.0 Å². The molecule has 1 amide bonds. The van der Waals surface area contributed by atoms with Crippen molar-refractivity contribution in [2.45, 2.75) is 31.8 Å². The van der Waals surface area contributed by atoms with Crippen LogP contribution in [0.3, 0.4) is 0 Å². The van der Waals surface area contributed by atoms with E-state index in [1.165, 1.54) is 16.7 Å². The monoisotopic (exact) mass is 470 g/mol. The Hall–Kier alpha value is -3.31. The van der Waals surface area contributed by atoms with E-state index in [1.54, 1.807) is 21.1 Å². The summed E-state index contributed by atoms with van der Waals surface area (Å²) in [5.74, 6) is 2.70. The van der Waals surface area contributed by atoms with Crippen LogP contribution in [0.4, 0.5) is 0 Å². The van der Waals surface area contributed by atoms with Gasteiger partial charge in [-0.05, 0) is 41.3 Å². The zero-order valence-electron chi connectivity index (χ0n) is 20.8. The lowest BCUT2D eigenvalue weighted by Gasteiger charge is -2.39. The van der Waals surface area contributed by atoms with E-state index in [1.807, 2.05) is 24.3 Å². The third-order valence-electron chi connectivity index (χ3n) is 7.77. The van der Waals surface area contributed by atoms with E-state index in [2.05, 4.69) is 58.3 Å². The van der Waals surface area contributed by atoms with Gasteiger partial charge in [-0.1, -0.05) is 54.6 Å². The lowest BCUT2D eigenvalue weighted by Crippen LogP contribution is -2.47. The summed E-state index contributed by atoms with van der Waals surface area (Å²) in [5, 5.41) is 0. The van der Waals surface area contributed by atoms with Crippen LogP contribution in [0, 0.1) is 5.92 Å². The first-order valence-electron chi connectivity index (χ1n) is 12.4. The molecule has 0 saturated carbocycles. The van der Waals surface area contributed by atoms with E-state index in [0.29, 0.717) is 17.9 Å². The van der Waals surface area contributed by atoms with Gasteiger partial charge in [0.05, 0.1) is 14.2 Å². The average molecular weight is 471 g/mol. The number of nitrogens with zero attached hydrogens (tertiary/aromatic N) is 2. The molecule has 2 aliphatic heterocycles. The zero-order valence-corrected chi connectivity index (χ0v) is 20.8. The van der Waals surface area contributed by atoms with Crippen LogP contribution in [0.2, 0.25) is 0 Å². The highest BCUT2D eigenvalue weighted by molar-refractivity contribution is 5.74. The molecule has 0 spiro atoms. The van der Waals surface area contributed by atoms with Gasteiger partial charge in [-0.3, -0.25) is 9.69 Å². The number of ether oxygens (including phenoxy) is 2. The van der Waals surface area contributed by atoms with Crippen molar-refractivity contribution in [1.82, 2.24) is 9.80 Å². The molecule has 3 atom stereocenters. The normalized spacial score (nSPS) is 22.0. The van der Waals surface area contributed by atoms with Gasteiger partial charge in [0.2, 0.25) is 5.91 Å². The fourth-order valence-electron chi connectivity index (χ4n) is 6.04. The Bertz CT molecular complexity index is 1180. The van der Waals surface area contributed by atoms with Crippen molar-refractivity contribution in [1.29, 1.82) is 0 Å². The van der Waals surface area contributed by atoms with Crippen LogP contribution >= 0.6 is 0 Å². The smallest absolute Gasteiger partial charge is 0.219 e. The van der Waals surface area contributed by atoms with Gasteiger partial charge >= 0.3 is 0 Å². The highest BCUT2D eigenvalue weighted by atomic mass is 16.5. The second kappa shape index (κ2) is 10.1. The summed E-state index contributed by atoms with van der Waals surface area (Å²) >= 11 is 0. The molecule has 0 N–H and O–H groups in total. The Morgan fingerprint density at radius 1 is 0.886 bits per heavy atom. The fourth-order valence-corrected chi connectivity index (χ4v) is 6.04. The number of likely N-dealkylation sites (tertiary alicyclic amines) is 2. The van der Waals surface area contributed by atoms with Crippen molar-refractivity contribution in [2.75, 3.05) is 33.9 Å². The molecule has 5 rings (SSSR count). The Labute approximate surface area is 208 Å². The van der Waals surface area contributed by atoms with Gasteiger partial charge in [-0.25, -0.2) is 0 Å². The molecule has 5 nitrogen and oxygen atoms in total. The van der Waals surface area contributed by atoms with Gasteiger partial charge in [-0.2, -0.15) is 0 Å². The number of benzene rings is 3. The summed E-state index contributed by atoms with van der Waals surface area (Å²) in [6.45, 7) is 5.35. The van der Waals surface area contributed by atoms with Crippen LogP contribution in [0.15, 0.2) is 72.8 Å². The van der Waals surface area contributed by atoms with Crippen molar-refractivity contribution < 1.29 is 14.3 Å². The largest absolute Gasteiger partial charge is 0.497 e. The first-order chi connectivity index (χ1) is 17.1. The Kier molecular flexibility index (Phi) is 6.78. The number of para-hydroxylation sites is 1. The average Bonchev–Trinajstić information content (AvgIpc) is 3.28. The molecule has 2 fully saturated rings. The van der Waals surface area contributed by atoms with E-state index in [4.69, 9.17) is 9.47 Å². The van der Waals surface area contributed by atoms with E-state index in [0.717, 1.165) is 49.7 Å². The molecule has 3 aromatic carbocycles. The molecule has 182 valence electrons. The van der Waals surface area contributed by atoms with Crippen molar-refractivity contribution in [3.05, 3.63) is 83.9 Å². The maximum Gasteiger partial charge on any atom is 0.219 e. The number of rotatable bonds is 6. The van der Waals surface area contributed by atoms with Crippen molar-refractivity contribution in [3.63, 3.8) is 0 Å². The highest BCUT2D eigenvalue weighted by Gasteiger charge is 2.46. The molecule has 3 aromatic rings. The number of fused-ring (bicyclic) bond motifs is 1. The fraction of sp³-hybridized carbons (Fsp3) is 0.367. The lowest BCUT2D eigenvalue weighted by molar-refractivity contribution is -0.130. The van der Waals surface area contributed by atoms with Crippen LogP contribution < -0.4 is 9.47 Å². The summed E-state index contributed by atoms with van der Waals surface area (Å²) in [6, 6.07) is 25.6. The minimum atomic E-state index is 0.186. The second-order valence-electron chi connectivity index (χ2n) is 9.66. The number of carbonyl (C=O) groups excluding carboxylic acids is 1. The molecule has 2 heterocycles. The predicted octanol–water partition coefficient (Wildman–Crippen LogP) is 5.21. The van der Waals surface area contributed by atoms with E-state index in [-0.39, 0.29) is 5.91 Å². The Morgan fingerprint density at radius 2 is 1.60 bits per heavy atom. The zero-order chi connectivity index (χ0) is 24.4. The molecule has 0 bridgehead atoms. The summed E-state index contributed by atoms with van der Waals surface area (Å²) in [4.78, 5) is 17.2. The maximum absolute atomic E-state index is 12.5. The Morgan fingerprint density at radius 3 is 2.31 bits per heavy atom. The molecule has 5 heteroatoms. The second-order valence-corrected chi connectivity index (χ2v) is 9.66. The van der Waals surface area contributed by atoms with Gasteiger partial charge < -0.3 is 14.4 Å². The van der Waals surface area contributed by atoms with Gasteiger partial charge in [0.15, 0.2) is 0 Å². The minimum absolute atomic E-state index is 0.186. The third-order valence-corrected chi connectivity index (χ3v) is 7.77. The van der Waals surface area contributed by atoms with E-state index >= 15 is 0 Å². The van der Waals surface area contributed by atoms with Crippen LogP contribution in [0.1, 0.15) is 30.4 Å². The number of piperidine rings is 1. The molecule has 0 radical (unpaired) electrons. The SMILES string of the molecule is COc1ccc([C@H]2CN(C(C)=O)[C@@H]3CCN(Cc4ccccc4-c4ccccc4OC)C[C@H]23)cc1. The quantitative estimate of drug-likeness (QED) is 0.496. The lowest BCUT2D eigenvalue weighted by atomic mass is 9.81. The van der Waals surface area contributed by atoms with Gasteiger partial charge in [0.25, 0.3) is 0 Å². The van der Waals surface area contributed by atoms with Crippen molar-refractivity contribution in [2.24, 2.45) is 5.92 Å². The first kappa shape index (κ1) is 23.4. The molecule has 0 aromatic heterocycles. The molecular weight excluding hydrogens is 436 g/mol. The number of carbonyl (C=O) groups is 1. The van der Waals surface area contributed by atoms with Crippen LogP contribution in [-0.4, -0.2) is 55.6 Å². The Balaban J connectivity index is 1.40. The molecular formula is C30H34N2O3. The molecule has 0 unspecified atom stereocenters. The van der Waals surface area contributed by atoms with Gasteiger partial charge in [0, 0.05) is 56.5 Å². The standard InChI is InChI=1S/C30H34N2O3/c1-21(33)32-20-27(22-12-14-24(34-2)15-13-22)28-19-31(17-16-29(28)32)18-23-8-4-5-9-25(23)26-10-6-7-11-30(26)35-3/h4-15,27-29H,16-20H2,1-3H3/t27-,28-,29-/m1/s1. The number of hydrogen-bond acceptors (Lipinski definition) is 4. The molecule has 2 saturated heterocycles. The highest BCUT2D eigenvalue weighted by Crippen LogP contribution is 2.42. The van der Waals surface area contributed by atoms with Crippen LogP contribution in [0.5, 0.6) is 11.5 Å². The van der Waals surface area contributed by atoms with Crippen molar-refractivity contribution >= 4 is 5.91 Å². The van der Waals surface area contributed by atoms with Gasteiger partial charge in [-0.15, -0.1) is 0 Å². The minimum Gasteiger partial charge on any atom is -0.497 e. The molecule has 0 aliphatic carbocycles. The van der Waals surface area contributed by atoms with Crippen LogP contribution in [-0.2, 0) is 11.3 Å².